The maximum absolute atomic E-state index is 5.34. The van der Waals surface area contributed by atoms with E-state index in [1.807, 2.05) is 11.6 Å². The van der Waals surface area contributed by atoms with Crippen molar-refractivity contribution in [1.29, 1.82) is 0 Å². The number of nitrogens with zero attached hydrogens (tertiary/aromatic N) is 2. The molecule has 0 aromatic carbocycles. The van der Waals surface area contributed by atoms with Gasteiger partial charge in [0.25, 0.3) is 5.69 Å². The monoisotopic (exact) mass is 141 g/mol. The van der Waals surface area contributed by atoms with Crippen LogP contribution in [0, 0.1) is 0 Å². The van der Waals surface area contributed by atoms with E-state index in [0.717, 1.165) is 18.8 Å². The van der Waals surface area contributed by atoms with E-state index >= 15 is 0 Å². The molecule has 0 saturated heterocycles. The lowest BCUT2D eigenvalue weighted by Crippen LogP contribution is -2.45. The molecule has 4 nitrogen and oxygen atoms in total. The number of fused-ring (bicyclic) bond motifs is 1. The molecular weight excluding hydrogens is 132 g/mol. The van der Waals surface area contributed by atoms with Gasteiger partial charge in [0.2, 0.25) is 6.54 Å². The summed E-state index contributed by atoms with van der Waals surface area (Å²) in [5.74, 6) is 0. The van der Waals surface area contributed by atoms with Gasteiger partial charge in [0.15, 0.2) is 11.5 Å². The topological polar surface area (TPSA) is 39.1 Å². The molecule has 1 atom stereocenters. The van der Waals surface area contributed by atoms with Crippen molar-refractivity contribution in [2.24, 2.45) is 0 Å². The maximum atomic E-state index is 5.34. The third kappa shape index (κ3) is 0.724. The SMILES string of the molecule is CC1OCC[n+]2nocc21. The summed E-state index contributed by atoms with van der Waals surface area (Å²) in [5.41, 5.74) is 1.02. The number of hydrogen-bond acceptors (Lipinski definition) is 3. The molecule has 54 valence electrons. The Hall–Kier alpha value is -0.900. The smallest absolute Gasteiger partial charge is 0.277 e. The summed E-state index contributed by atoms with van der Waals surface area (Å²) in [6.07, 6.45) is 1.75. The zero-order chi connectivity index (χ0) is 6.97. The minimum atomic E-state index is 0.125. The fourth-order valence-electron chi connectivity index (χ4n) is 1.12. The van der Waals surface area contributed by atoms with Crippen molar-refractivity contribution < 1.29 is 13.9 Å². The average Bonchev–Trinajstić information content (AvgIpc) is 2.36. The maximum Gasteiger partial charge on any atom is 0.277 e. The Morgan fingerprint density at radius 1 is 1.80 bits per heavy atom. The van der Waals surface area contributed by atoms with Gasteiger partial charge in [-0.15, -0.1) is 0 Å². The molecule has 0 aliphatic carbocycles. The summed E-state index contributed by atoms with van der Waals surface area (Å²) in [7, 11) is 0. The molecule has 10 heavy (non-hydrogen) atoms. The molecular formula is C6H9N2O2+. The Labute approximate surface area is 58.4 Å². The quantitative estimate of drug-likeness (QED) is 0.479. The highest BCUT2D eigenvalue weighted by Gasteiger charge is 2.27. The lowest BCUT2D eigenvalue weighted by molar-refractivity contribution is -0.780. The average molecular weight is 141 g/mol. The van der Waals surface area contributed by atoms with E-state index in [0.29, 0.717) is 0 Å². The van der Waals surface area contributed by atoms with E-state index in [1.54, 1.807) is 6.26 Å². The van der Waals surface area contributed by atoms with Crippen molar-refractivity contribution in [3.63, 3.8) is 0 Å². The first-order valence-corrected chi connectivity index (χ1v) is 3.34. The Morgan fingerprint density at radius 2 is 2.70 bits per heavy atom. The van der Waals surface area contributed by atoms with Gasteiger partial charge in [-0.3, -0.25) is 0 Å². The molecule has 2 heterocycles. The molecule has 1 aromatic heterocycles. The molecule has 0 amide bonds. The van der Waals surface area contributed by atoms with Gasteiger partial charge in [-0.2, -0.15) is 0 Å². The summed E-state index contributed by atoms with van der Waals surface area (Å²) in [5, 5.41) is 3.77. The van der Waals surface area contributed by atoms with Crippen LogP contribution in [0.15, 0.2) is 10.8 Å². The van der Waals surface area contributed by atoms with E-state index < -0.39 is 0 Å². The lowest BCUT2D eigenvalue weighted by atomic mass is 10.3. The Kier molecular flexibility index (Phi) is 1.20. The summed E-state index contributed by atoms with van der Waals surface area (Å²) in [4.78, 5) is 0. The highest BCUT2D eigenvalue weighted by Crippen LogP contribution is 2.14. The molecule has 1 aliphatic rings. The van der Waals surface area contributed by atoms with Crippen LogP contribution in [0.4, 0.5) is 0 Å². The summed E-state index contributed by atoms with van der Waals surface area (Å²) in [6.45, 7) is 3.52. The van der Waals surface area contributed by atoms with Crippen molar-refractivity contribution >= 4 is 0 Å². The zero-order valence-corrected chi connectivity index (χ0v) is 5.78. The first-order chi connectivity index (χ1) is 4.88. The number of aromatic nitrogens is 2. The standard InChI is InChI=1S/C6H9N2O2/c1-5-6-4-10-7-8(6)2-3-9-5/h4-5H,2-3H2,1H3/q+1. The van der Waals surface area contributed by atoms with Crippen LogP contribution in [0.3, 0.4) is 0 Å². The summed E-state index contributed by atoms with van der Waals surface area (Å²) < 4.78 is 11.9. The fourth-order valence-corrected chi connectivity index (χ4v) is 1.12. The number of rotatable bonds is 0. The van der Waals surface area contributed by atoms with E-state index in [4.69, 9.17) is 9.26 Å². The van der Waals surface area contributed by atoms with Gasteiger partial charge in [0, 0.05) is 0 Å². The van der Waals surface area contributed by atoms with E-state index in [-0.39, 0.29) is 6.10 Å². The van der Waals surface area contributed by atoms with Crippen molar-refractivity contribution in [2.45, 2.75) is 19.6 Å². The molecule has 1 aliphatic heterocycles. The van der Waals surface area contributed by atoms with Crippen LogP contribution in [-0.2, 0) is 11.3 Å². The molecule has 0 saturated carbocycles. The number of ether oxygens (including phenoxy) is 1. The molecule has 4 heteroatoms. The molecule has 0 N–H and O–H groups in total. The Bertz CT molecular complexity index is 233. The largest absolute Gasteiger partial charge is 0.361 e. The van der Waals surface area contributed by atoms with Gasteiger partial charge in [-0.1, -0.05) is 0 Å². The van der Waals surface area contributed by atoms with Gasteiger partial charge < -0.3 is 9.26 Å². The second kappa shape index (κ2) is 2.05. The third-order valence-electron chi connectivity index (χ3n) is 1.70. The Morgan fingerprint density at radius 3 is 3.50 bits per heavy atom. The van der Waals surface area contributed by atoms with Crippen molar-refractivity contribution in [1.82, 2.24) is 5.27 Å². The second-order valence-corrected chi connectivity index (χ2v) is 2.37. The minimum absolute atomic E-state index is 0.125. The van der Waals surface area contributed by atoms with E-state index in [1.165, 1.54) is 0 Å². The zero-order valence-electron chi connectivity index (χ0n) is 5.78. The van der Waals surface area contributed by atoms with Crippen LogP contribution in [0.25, 0.3) is 0 Å². The molecule has 0 bridgehead atoms. The molecule has 0 fully saturated rings. The predicted octanol–water partition coefficient (Wildman–Crippen LogP) is 0.0533. The van der Waals surface area contributed by atoms with Crippen LogP contribution in [0.1, 0.15) is 18.7 Å². The van der Waals surface area contributed by atoms with Crippen LogP contribution >= 0.6 is 0 Å². The van der Waals surface area contributed by atoms with Gasteiger partial charge >= 0.3 is 0 Å². The molecule has 1 aromatic rings. The predicted molar refractivity (Wildman–Crippen MR) is 31.1 cm³/mol. The Balaban J connectivity index is 2.41. The van der Waals surface area contributed by atoms with Crippen LogP contribution < -0.4 is 4.68 Å². The highest BCUT2D eigenvalue weighted by atomic mass is 16.5. The van der Waals surface area contributed by atoms with Gasteiger partial charge in [-0.25, -0.2) is 0 Å². The van der Waals surface area contributed by atoms with Gasteiger partial charge in [0.1, 0.15) is 12.7 Å². The van der Waals surface area contributed by atoms with E-state index in [9.17, 15) is 0 Å². The number of hydrogen-bond donors (Lipinski definition) is 0. The fraction of sp³-hybridized carbons (Fsp3) is 0.667. The molecule has 2 rings (SSSR count). The van der Waals surface area contributed by atoms with Crippen LogP contribution in [0.2, 0.25) is 0 Å². The first kappa shape index (κ1) is 5.85. The molecule has 1 unspecified atom stereocenters. The van der Waals surface area contributed by atoms with Crippen molar-refractivity contribution in [2.75, 3.05) is 6.61 Å². The normalized spacial score (nSPS) is 24.3. The van der Waals surface area contributed by atoms with Gasteiger partial charge in [-0.05, 0) is 11.6 Å². The second-order valence-electron chi connectivity index (χ2n) is 2.37. The van der Waals surface area contributed by atoms with Gasteiger partial charge in [0.05, 0.1) is 0 Å². The molecule has 0 spiro atoms. The summed E-state index contributed by atoms with van der Waals surface area (Å²) >= 11 is 0. The molecule has 0 radical (unpaired) electrons. The third-order valence-corrected chi connectivity index (χ3v) is 1.70. The van der Waals surface area contributed by atoms with Crippen molar-refractivity contribution in [3.05, 3.63) is 12.0 Å². The lowest BCUT2D eigenvalue weighted by Gasteiger charge is -2.10. The van der Waals surface area contributed by atoms with Crippen LogP contribution in [0.5, 0.6) is 0 Å². The summed E-state index contributed by atoms with van der Waals surface area (Å²) in [6, 6.07) is 0. The van der Waals surface area contributed by atoms with E-state index in [2.05, 4.69) is 5.27 Å². The highest BCUT2D eigenvalue weighted by molar-refractivity contribution is 4.87. The minimum Gasteiger partial charge on any atom is -0.361 e. The van der Waals surface area contributed by atoms with Crippen LogP contribution in [-0.4, -0.2) is 11.9 Å². The first-order valence-electron chi connectivity index (χ1n) is 3.34. The van der Waals surface area contributed by atoms with Crippen molar-refractivity contribution in [3.8, 4) is 0 Å².